The molecule has 1 aliphatic heterocycles. The lowest BCUT2D eigenvalue weighted by Crippen LogP contribution is -2.28. The molecule has 0 amide bonds. The molecule has 4 heteroatoms. The van der Waals surface area contributed by atoms with Gasteiger partial charge in [0.05, 0.1) is 0 Å². The SMILES string of the molecule is Nc1ccc(F)cc1C1CNCC1N. The number of rotatable bonds is 1. The summed E-state index contributed by atoms with van der Waals surface area (Å²) in [5.41, 5.74) is 13.1. The summed E-state index contributed by atoms with van der Waals surface area (Å²) in [6.45, 7) is 1.54. The van der Waals surface area contributed by atoms with Crippen molar-refractivity contribution in [3.8, 4) is 0 Å². The number of anilines is 1. The van der Waals surface area contributed by atoms with E-state index in [1.54, 1.807) is 6.07 Å². The number of hydrogen-bond acceptors (Lipinski definition) is 3. The number of nitrogens with two attached hydrogens (primary N) is 2. The van der Waals surface area contributed by atoms with Crippen molar-refractivity contribution in [2.45, 2.75) is 12.0 Å². The van der Waals surface area contributed by atoms with Crippen molar-refractivity contribution < 1.29 is 4.39 Å². The summed E-state index contributed by atoms with van der Waals surface area (Å²) in [6.07, 6.45) is 0. The van der Waals surface area contributed by atoms with Crippen LogP contribution in [0.5, 0.6) is 0 Å². The minimum Gasteiger partial charge on any atom is -0.398 e. The Morgan fingerprint density at radius 1 is 1.36 bits per heavy atom. The molecule has 2 atom stereocenters. The van der Waals surface area contributed by atoms with Crippen LogP contribution in [0.25, 0.3) is 0 Å². The fourth-order valence-corrected chi connectivity index (χ4v) is 1.91. The van der Waals surface area contributed by atoms with Crippen molar-refractivity contribution in [2.75, 3.05) is 18.8 Å². The molecule has 0 spiro atoms. The summed E-state index contributed by atoms with van der Waals surface area (Å²) in [5, 5.41) is 3.16. The molecule has 0 radical (unpaired) electrons. The Hall–Kier alpha value is -1.13. The van der Waals surface area contributed by atoms with Gasteiger partial charge in [0.25, 0.3) is 0 Å². The minimum absolute atomic E-state index is 0.0269. The molecule has 3 nitrogen and oxygen atoms in total. The maximum absolute atomic E-state index is 13.0. The number of halogens is 1. The van der Waals surface area contributed by atoms with Crippen LogP contribution in [0.3, 0.4) is 0 Å². The largest absolute Gasteiger partial charge is 0.398 e. The van der Waals surface area contributed by atoms with Gasteiger partial charge >= 0.3 is 0 Å². The molecule has 14 heavy (non-hydrogen) atoms. The van der Waals surface area contributed by atoms with Gasteiger partial charge in [-0.15, -0.1) is 0 Å². The summed E-state index contributed by atoms with van der Waals surface area (Å²) >= 11 is 0. The smallest absolute Gasteiger partial charge is 0.123 e. The fraction of sp³-hybridized carbons (Fsp3) is 0.400. The van der Waals surface area contributed by atoms with Crippen LogP contribution in [-0.4, -0.2) is 19.1 Å². The molecule has 0 aliphatic carbocycles. The van der Waals surface area contributed by atoms with E-state index in [1.165, 1.54) is 12.1 Å². The van der Waals surface area contributed by atoms with Crippen molar-refractivity contribution in [2.24, 2.45) is 5.73 Å². The Kier molecular flexibility index (Phi) is 2.39. The van der Waals surface area contributed by atoms with Crippen LogP contribution in [0.15, 0.2) is 18.2 Å². The first-order valence-electron chi connectivity index (χ1n) is 4.69. The van der Waals surface area contributed by atoms with Crippen LogP contribution >= 0.6 is 0 Å². The van der Waals surface area contributed by atoms with Crippen LogP contribution in [0, 0.1) is 5.82 Å². The van der Waals surface area contributed by atoms with Gasteiger partial charge < -0.3 is 16.8 Å². The lowest BCUT2D eigenvalue weighted by Gasteiger charge is -2.16. The Labute approximate surface area is 82.3 Å². The molecule has 1 saturated heterocycles. The number of nitrogens with one attached hydrogen (secondary N) is 1. The highest BCUT2D eigenvalue weighted by molar-refractivity contribution is 5.49. The first-order valence-corrected chi connectivity index (χ1v) is 4.69. The van der Waals surface area contributed by atoms with E-state index in [9.17, 15) is 4.39 Å². The standard InChI is InChI=1S/C10H14FN3/c11-6-1-2-9(12)7(3-6)8-4-14-5-10(8)13/h1-3,8,10,14H,4-5,12-13H2. The van der Waals surface area contributed by atoms with Crippen molar-refractivity contribution in [1.29, 1.82) is 0 Å². The lowest BCUT2D eigenvalue weighted by molar-refractivity contribution is 0.612. The first-order chi connectivity index (χ1) is 6.68. The molecule has 0 saturated carbocycles. The van der Waals surface area contributed by atoms with E-state index in [0.29, 0.717) is 5.69 Å². The second-order valence-corrected chi connectivity index (χ2v) is 3.70. The molecule has 1 heterocycles. The topological polar surface area (TPSA) is 64.1 Å². The van der Waals surface area contributed by atoms with Crippen molar-refractivity contribution in [3.63, 3.8) is 0 Å². The number of nitrogen functional groups attached to an aromatic ring is 1. The predicted octanol–water partition coefficient (Wildman–Crippen LogP) is 0.422. The predicted molar refractivity (Wildman–Crippen MR) is 54.4 cm³/mol. The molecule has 2 rings (SSSR count). The number of hydrogen-bond donors (Lipinski definition) is 3. The summed E-state index contributed by atoms with van der Waals surface area (Å²) < 4.78 is 13.0. The molecular formula is C10H14FN3. The molecule has 2 unspecified atom stereocenters. The van der Waals surface area contributed by atoms with E-state index in [0.717, 1.165) is 18.7 Å². The molecule has 1 aromatic rings. The normalized spacial score (nSPS) is 26.7. The van der Waals surface area contributed by atoms with Crippen LogP contribution < -0.4 is 16.8 Å². The Morgan fingerprint density at radius 2 is 2.14 bits per heavy atom. The zero-order valence-corrected chi connectivity index (χ0v) is 7.83. The molecule has 0 aromatic heterocycles. The van der Waals surface area contributed by atoms with E-state index >= 15 is 0 Å². The molecule has 1 aliphatic rings. The van der Waals surface area contributed by atoms with Crippen molar-refractivity contribution in [3.05, 3.63) is 29.6 Å². The molecule has 1 fully saturated rings. The van der Waals surface area contributed by atoms with Crippen LogP contribution in [-0.2, 0) is 0 Å². The molecular weight excluding hydrogens is 181 g/mol. The Balaban J connectivity index is 2.34. The Morgan fingerprint density at radius 3 is 2.79 bits per heavy atom. The average molecular weight is 195 g/mol. The van der Waals surface area contributed by atoms with Gasteiger partial charge in [-0.1, -0.05) is 0 Å². The van der Waals surface area contributed by atoms with Gasteiger partial charge in [0.2, 0.25) is 0 Å². The maximum Gasteiger partial charge on any atom is 0.123 e. The quantitative estimate of drug-likeness (QED) is 0.569. The second-order valence-electron chi connectivity index (χ2n) is 3.70. The molecule has 76 valence electrons. The van der Waals surface area contributed by atoms with Gasteiger partial charge in [-0.2, -0.15) is 0 Å². The summed E-state index contributed by atoms with van der Waals surface area (Å²) in [7, 11) is 0. The van der Waals surface area contributed by atoms with Gasteiger partial charge in [-0.25, -0.2) is 4.39 Å². The maximum atomic E-state index is 13.0. The Bertz CT molecular complexity index is 340. The van der Waals surface area contributed by atoms with E-state index in [2.05, 4.69) is 5.32 Å². The second kappa shape index (κ2) is 3.55. The first kappa shape index (κ1) is 9.43. The van der Waals surface area contributed by atoms with Gasteiger partial charge in [0, 0.05) is 30.7 Å². The summed E-state index contributed by atoms with van der Waals surface area (Å²) in [5.74, 6) is -0.126. The summed E-state index contributed by atoms with van der Waals surface area (Å²) in [4.78, 5) is 0. The lowest BCUT2D eigenvalue weighted by atomic mass is 9.93. The fourth-order valence-electron chi connectivity index (χ4n) is 1.91. The third kappa shape index (κ3) is 1.58. The van der Waals surface area contributed by atoms with Crippen LogP contribution in [0.1, 0.15) is 11.5 Å². The summed E-state index contributed by atoms with van der Waals surface area (Å²) in [6, 6.07) is 4.47. The van der Waals surface area contributed by atoms with Crippen LogP contribution in [0.2, 0.25) is 0 Å². The zero-order chi connectivity index (χ0) is 10.1. The van der Waals surface area contributed by atoms with Crippen molar-refractivity contribution in [1.82, 2.24) is 5.32 Å². The van der Waals surface area contributed by atoms with E-state index in [1.807, 2.05) is 0 Å². The minimum atomic E-state index is -0.256. The number of benzene rings is 1. The third-order valence-electron chi connectivity index (χ3n) is 2.71. The van der Waals surface area contributed by atoms with Crippen LogP contribution in [0.4, 0.5) is 10.1 Å². The van der Waals surface area contributed by atoms with E-state index < -0.39 is 0 Å². The molecule has 5 N–H and O–H groups in total. The van der Waals surface area contributed by atoms with E-state index in [-0.39, 0.29) is 17.8 Å². The zero-order valence-electron chi connectivity index (χ0n) is 7.83. The monoisotopic (exact) mass is 195 g/mol. The third-order valence-corrected chi connectivity index (χ3v) is 2.71. The van der Waals surface area contributed by atoms with Crippen molar-refractivity contribution >= 4 is 5.69 Å². The highest BCUT2D eigenvalue weighted by Crippen LogP contribution is 2.27. The molecule has 0 bridgehead atoms. The van der Waals surface area contributed by atoms with Gasteiger partial charge in [-0.05, 0) is 23.8 Å². The van der Waals surface area contributed by atoms with Gasteiger partial charge in [0.15, 0.2) is 0 Å². The van der Waals surface area contributed by atoms with E-state index in [4.69, 9.17) is 11.5 Å². The highest BCUT2D eigenvalue weighted by atomic mass is 19.1. The van der Waals surface area contributed by atoms with Gasteiger partial charge in [0.1, 0.15) is 5.82 Å². The highest BCUT2D eigenvalue weighted by Gasteiger charge is 2.26. The molecule has 1 aromatic carbocycles. The average Bonchev–Trinajstić information content (AvgIpc) is 2.56. The van der Waals surface area contributed by atoms with Gasteiger partial charge in [-0.3, -0.25) is 0 Å².